The number of ether oxygens (including phenoxy) is 1. The van der Waals surface area contributed by atoms with Crippen molar-refractivity contribution in [2.24, 2.45) is 0 Å². The first-order valence-corrected chi connectivity index (χ1v) is 9.19. The van der Waals surface area contributed by atoms with Crippen molar-refractivity contribution in [1.82, 2.24) is 4.90 Å². The quantitative estimate of drug-likeness (QED) is 0.420. The maximum absolute atomic E-state index is 12.4. The third-order valence-corrected chi connectivity index (χ3v) is 4.71. The number of fused-ring (bicyclic) bond motifs is 1. The van der Waals surface area contributed by atoms with Gasteiger partial charge >= 0.3 is 5.97 Å². The van der Waals surface area contributed by atoms with Crippen molar-refractivity contribution in [2.75, 3.05) is 6.61 Å². The summed E-state index contributed by atoms with van der Waals surface area (Å²) in [5.41, 5.74) is 2.10. The second kappa shape index (κ2) is 8.17. The van der Waals surface area contributed by atoms with Gasteiger partial charge in [0.2, 0.25) is 0 Å². The van der Waals surface area contributed by atoms with Crippen LogP contribution in [0.2, 0.25) is 0 Å². The normalized spacial score (nSPS) is 14.0. The lowest BCUT2D eigenvalue weighted by atomic mass is 10.1. The Morgan fingerprint density at radius 1 is 0.964 bits per heavy atom. The molecule has 3 rings (SSSR count). The number of carbonyl (C=O) groups is 4. The minimum Gasteiger partial charge on any atom is -0.456 e. The van der Waals surface area contributed by atoms with Crippen molar-refractivity contribution >= 4 is 23.6 Å². The minimum atomic E-state index is -1.12. The van der Waals surface area contributed by atoms with Crippen LogP contribution in [0.25, 0.3) is 0 Å². The number of benzene rings is 2. The molecule has 0 saturated heterocycles. The Morgan fingerprint density at radius 2 is 1.54 bits per heavy atom. The zero-order valence-corrected chi connectivity index (χ0v) is 15.8. The Hall–Kier alpha value is -3.28. The highest BCUT2D eigenvalue weighted by Crippen LogP contribution is 2.24. The van der Waals surface area contributed by atoms with E-state index in [2.05, 4.69) is 6.92 Å². The average molecular weight is 379 g/mol. The molecule has 1 heterocycles. The van der Waals surface area contributed by atoms with Gasteiger partial charge < -0.3 is 4.74 Å². The summed E-state index contributed by atoms with van der Waals surface area (Å²) in [5, 5.41) is 0. The number of Topliss-reactive ketones (excluding diaryl/α,β-unsaturated/α-hetero) is 1. The van der Waals surface area contributed by atoms with E-state index in [1.807, 2.05) is 12.1 Å². The van der Waals surface area contributed by atoms with Gasteiger partial charge in [0.25, 0.3) is 11.8 Å². The Morgan fingerprint density at radius 3 is 2.07 bits per heavy atom. The highest BCUT2D eigenvalue weighted by atomic mass is 16.5. The summed E-state index contributed by atoms with van der Waals surface area (Å²) < 4.78 is 5.07. The first kappa shape index (κ1) is 19.5. The second-order valence-electron chi connectivity index (χ2n) is 6.68. The number of aryl methyl sites for hydroxylation is 1. The molecule has 2 aromatic rings. The van der Waals surface area contributed by atoms with Gasteiger partial charge in [-0.15, -0.1) is 0 Å². The first-order chi connectivity index (χ1) is 13.4. The van der Waals surface area contributed by atoms with E-state index in [-0.39, 0.29) is 16.9 Å². The zero-order valence-electron chi connectivity index (χ0n) is 15.8. The van der Waals surface area contributed by atoms with Crippen LogP contribution in [0.3, 0.4) is 0 Å². The van der Waals surface area contributed by atoms with Gasteiger partial charge in [-0.25, -0.2) is 4.79 Å². The predicted octanol–water partition coefficient (Wildman–Crippen LogP) is 3.05. The molecule has 0 spiro atoms. The van der Waals surface area contributed by atoms with E-state index in [1.165, 1.54) is 6.92 Å². The number of carbonyl (C=O) groups excluding carboxylic acids is 4. The van der Waals surface area contributed by atoms with Crippen molar-refractivity contribution in [3.05, 3.63) is 70.8 Å². The molecule has 6 heteroatoms. The molecule has 0 aromatic heterocycles. The van der Waals surface area contributed by atoms with Gasteiger partial charge in [-0.05, 0) is 31.0 Å². The largest absolute Gasteiger partial charge is 0.456 e. The monoisotopic (exact) mass is 379 g/mol. The van der Waals surface area contributed by atoms with Crippen LogP contribution >= 0.6 is 0 Å². The van der Waals surface area contributed by atoms with Crippen molar-refractivity contribution < 1.29 is 23.9 Å². The maximum Gasteiger partial charge on any atom is 0.329 e. The van der Waals surface area contributed by atoms with Gasteiger partial charge in [-0.3, -0.25) is 19.3 Å². The molecule has 2 aromatic carbocycles. The van der Waals surface area contributed by atoms with E-state index < -0.39 is 30.4 Å². The lowest BCUT2D eigenvalue weighted by Gasteiger charge is -2.20. The number of hydrogen-bond donors (Lipinski definition) is 0. The molecule has 0 aliphatic carbocycles. The Kier molecular flexibility index (Phi) is 5.68. The fourth-order valence-electron chi connectivity index (χ4n) is 3.15. The Labute approximate surface area is 163 Å². The smallest absolute Gasteiger partial charge is 0.329 e. The third-order valence-electron chi connectivity index (χ3n) is 4.71. The fourth-order valence-corrected chi connectivity index (χ4v) is 3.15. The van der Waals surface area contributed by atoms with Crippen LogP contribution < -0.4 is 0 Å². The van der Waals surface area contributed by atoms with Crippen LogP contribution in [-0.4, -0.2) is 41.1 Å². The summed E-state index contributed by atoms with van der Waals surface area (Å²) in [6.45, 7) is 3.04. The molecule has 28 heavy (non-hydrogen) atoms. The topological polar surface area (TPSA) is 80.8 Å². The molecule has 2 amide bonds. The summed E-state index contributed by atoms with van der Waals surface area (Å²) in [5.74, 6) is -2.22. The van der Waals surface area contributed by atoms with Crippen LogP contribution in [0.15, 0.2) is 48.5 Å². The SMILES string of the molecule is CCCc1ccc(C(=O)COC(=O)[C@H](C)N2C(=O)c3ccccc3C2=O)cc1. The van der Waals surface area contributed by atoms with E-state index in [9.17, 15) is 19.2 Å². The van der Waals surface area contributed by atoms with Crippen molar-refractivity contribution in [1.29, 1.82) is 0 Å². The number of ketones is 1. The number of hydrogen-bond acceptors (Lipinski definition) is 5. The van der Waals surface area contributed by atoms with E-state index in [1.54, 1.807) is 36.4 Å². The summed E-state index contributed by atoms with van der Waals surface area (Å²) in [6, 6.07) is 12.4. The van der Waals surface area contributed by atoms with Crippen molar-refractivity contribution in [3.8, 4) is 0 Å². The molecule has 0 bridgehead atoms. The summed E-state index contributed by atoms with van der Waals surface area (Å²) in [7, 11) is 0. The molecule has 6 nitrogen and oxygen atoms in total. The minimum absolute atomic E-state index is 0.260. The van der Waals surface area contributed by atoms with Crippen molar-refractivity contribution in [2.45, 2.75) is 32.7 Å². The van der Waals surface area contributed by atoms with E-state index in [0.717, 1.165) is 23.3 Å². The Balaban J connectivity index is 1.61. The van der Waals surface area contributed by atoms with Crippen LogP contribution in [0.4, 0.5) is 0 Å². The number of amides is 2. The first-order valence-electron chi connectivity index (χ1n) is 9.19. The lowest BCUT2D eigenvalue weighted by molar-refractivity contribution is -0.146. The third kappa shape index (κ3) is 3.71. The van der Waals surface area contributed by atoms with Gasteiger partial charge in [0, 0.05) is 5.56 Å². The van der Waals surface area contributed by atoms with Crippen LogP contribution in [0, 0.1) is 0 Å². The molecular formula is C22H21NO5. The summed E-state index contributed by atoms with van der Waals surface area (Å²) in [4.78, 5) is 50.3. The maximum atomic E-state index is 12.4. The molecule has 1 aliphatic heterocycles. The molecule has 0 radical (unpaired) electrons. The van der Waals surface area contributed by atoms with Gasteiger partial charge in [-0.2, -0.15) is 0 Å². The molecular weight excluding hydrogens is 358 g/mol. The molecule has 1 atom stereocenters. The summed E-state index contributed by atoms with van der Waals surface area (Å²) >= 11 is 0. The molecule has 0 N–H and O–H groups in total. The van der Waals surface area contributed by atoms with E-state index in [0.29, 0.717) is 5.56 Å². The number of rotatable bonds is 7. The van der Waals surface area contributed by atoms with E-state index >= 15 is 0 Å². The van der Waals surface area contributed by atoms with Gasteiger partial charge in [-0.1, -0.05) is 49.7 Å². The summed E-state index contributed by atoms with van der Waals surface area (Å²) in [6.07, 6.45) is 1.95. The molecule has 0 fully saturated rings. The zero-order chi connectivity index (χ0) is 20.3. The van der Waals surface area contributed by atoms with Crippen LogP contribution in [-0.2, 0) is 16.0 Å². The predicted molar refractivity (Wildman–Crippen MR) is 102 cm³/mol. The van der Waals surface area contributed by atoms with Gasteiger partial charge in [0.15, 0.2) is 12.4 Å². The molecule has 0 saturated carbocycles. The van der Waals surface area contributed by atoms with Gasteiger partial charge in [0.1, 0.15) is 6.04 Å². The van der Waals surface area contributed by atoms with Crippen molar-refractivity contribution in [3.63, 3.8) is 0 Å². The van der Waals surface area contributed by atoms with Crippen LogP contribution in [0.1, 0.15) is 56.9 Å². The second-order valence-corrected chi connectivity index (χ2v) is 6.68. The molecule has 0 unspecified atom stereocenters. The highest BCUT2D eigenvalue weighted by molar-refractivity contribution is 6.22. The fraction of sp³-hybridized carbons (Fsp3) is 0.273. The highest BCUT2D eigenvalue weighted by Gasteiger charge is 2.41. The van der Waals surface area contributed by atoms with E-state index in [4.69, 9.17) is 4.74 Å². The number of esters is 1. The molecule has 1 aliphatic rings. The lowest BCUT2D eigenvalue weighted by Crippen LogP contribution is -2.44. The number of nitrogens with zero attached hydrogens (tertiary/aromatic N) is 1. The average Bonchev–Trinajstić information content (AvgIpc) is 2.97. The number of imide groups is 1. The standard InChI is InChI=1S/C22H21NO5/c1-3-6-15-9-11-16(12-10-15)19(24)13-28-22(27)14(2)23-20(25)17-7-4-5-8-18(17)21(23)26/h4-5,7-12,14H,3,6,13H2,1-2H3/t14-/m0/s1. The van der Waals surface area contributed by atoms with Crippen LogP contribution in [0.5, 0.6) is 0 Å². The van der Waals surface area contributed by atoms with Gasteiger partial charge in [0.05, 0.1) is 11.1 Å². The molecule has 144 valence electrons. The Bertz CT molecular complexity index is 897.